The van der Waals surface area contributed by atoms with Crippen molar-refractivity contribution < 1.29 is 31.8 Å². The second-order valence-electron chi connectivity index (χ2n) is 6.67. The molecule has 1 heterocycles. The largest absolute Gasteiger partial charge is 0.478 e. The topological polar surface area (TPSA) is 160 Å². The van der Waals surface area contributed by atoms with Crippen LogP contribution in [0.15, 0.2) is 76.1 Å². The molecular formula is C22H13N3O7S. The van der Waals surface area contributed by atoms with Crippen molar-refractivity contribution in [3.8, 4) is 11.8 Å². The molecule has 0 saturated carbocycles. The van der Waals surface area contributed by atoms with Gasteiger partial charge in [-0.3, -0.25) is 4.79 Å². The molecule has 10 nitrogen and oxygen atoms in total. The number of carbonyl (C=O) groups is 2. The fourth-order valence-corrected chi connectivity index (χ4v) is 3.92. The van der Waals surface area contributed by atoms with Crippen LogP contribution in [0.25, 0.3) is 11.0 Å². The maximum absolute atomic E-state index is 12.7. The lowest BCUT2D eigenvalue weighted by atomic mass is 10.1. The van der Waals surface area contributed by atoms with Crippen molar-refractivity contribution in [3.63, 3.8) is 0 Å². The second kappa shape index (κ2) is 8.45. The van der Waals surface area contributed by atoms with Crippen LogP contribution in [0.4, 0.5) is 5.69 Å². The first-order valence-electron chi connectivity index (χ1n) is 9.26. The van der Waals surface area contributed by atoms with E-state index in [1.165, 1.54) is 42.5 Å². The number of carbonyl (C=O) groups excluding carboxylic acids is 1. The normalized spacial score (nSPS) is 11.0. The van der Waals surface area contributed by atoms with E-state index in [1.54, 1.807) is 18.2 Å². The van der Waals surface area contributed by atoms with E-state index in [2.05, 4.69) is 10.5 Å². The lowest BCUT2D eigenvalue weighted by Crippen LogP contribution is -2.15. The monoisotopic (exact) mass is 463 g/mol. The highest BCUT2D eigenvalue weighted by Crippen LogP contribution is 2.27. The Morgan fingerprint density at radius 1 is 1.06 bits per heavy atom. The zero-order valence-corrected chi connectivity index (χ0v) is 17.4. The number of carboxylic acid groups (broad SMARTS) is 1. The summed E-state index contributed by atoms with van der Waals surface area (Å²) in [4.78, 5) is 24.1. The third-order valence-corrected chi connectivity index (χ3v) is 5.79. The van der Waals surface area contributed by atoms with Gasteiger partial charge >= 0.3 is 16.1 Å². The molecule has 1 amide bonds. The van der Waals surface area contributed by atoms with Crippen LogP contribution in [0.2, 0.25) is 0 Å². The third kappa shape index (κ3) is 4.36. The number of nitriles is 1. The van der Waals surface area contributed by atoms with Gasteiger partial charge in [0.1, 0.15) is 10.6 Å². The SMILES string of the molecule is N#Cc1ccc(NC(=O)c2noc3cc(OS(=O)(=O)c4ccccc4)ccc23)c(C(=O)O)c1. The molecule has 4 aromatic rings. The Balaban J connectivity index is 1.60. The van der Waals surface area contributed by atoms with Crippen LogP contribution in [0.5, 0.6) is 5.75 Å². The average Bonchev–Trinajstić information content (AvgIpc) is 3.23. The van der Waals surface area contributed by atoms with Gasteiger partial charge in [-0.25, -0.2) is 4.79 Å². The second-order valence-corrected chi connectivity index (χ2v) is 8.22. The Morgan fingerprint density at radius 3 is 2.52 bits per heavy atom. The molecule has 1 aromatic heterocycles. The fraction of sp³-hybridized carbons (Fsp3) is 0. The lowest BCUT2D eigenvalue weighted by Gasteiger charge is -2.08. The number of hydrogen-bond donors (Lipinski definition) is 2. The van der Waals surface area contributed by atoms with Gasteiger partial charge in [0.05, 0.1) is 28.3 Å². The quantitative estimate of drug-likeness (QED) is 0.408. The predicted octanol–water partition coefficient (Wildman–Crippen LogP) is 3.42. The van der Waals surface area contributed by atoms with Gasteiger partial charge in [-0.15, -0.1) is 0 Å². The van der Waals surface area contributed by atoms with Gasteiger partial charge in [-0.05, 0) is 42.5 Å². The molecule has 4 rings (SSSR count). The molecule has 0 aliphatic rings. The summed E-state index contributed by atoms with van der Waals surface area (Å²) in [6.07, 6.45) is 0. The predicted molar refractivity (Wildman–Crippen MR) is 114 cm³/mol. The summed E-state index contributed by atoms with van der Waals surface area (Å²) in [5.74, 6) is -2.13. The number of rotatable bonds is 6. The van der Waals surface area contributed by atoms with Crippen molar-refractivity contribution in [1.82, 2.24) is 5.16 Å². The molecule has 2 N–H and O–H groups in total. The van der Waals surface area contributed by atoms with Gasteiger partial charge < -0.3 is 19.1 Å². The molecule has 0 unspecified atom stereocenters. The van der Waals surface area contributed by atoms with Crippen molar-refractivity contribution >= 4 is 38.7 Å². The summed E-state index contributed by atoms with van der Waals surface area (Å²) < 4.78 is 35.0. The minimum atomic E-state index is -4.07. The van der Waals surface area contributed by atoms with E-state index in [4.69, 9.17) is 14.0 Å². The minimum Gasteiger partial charge on any atom is -0.478 e. The van der Waals surface area contributed by atoms with Crippen LogP contribution < -0.4 is 9.50 Å². The van der Waals surface area contributed by atoms with Crippen molar-refractivity contribution in [3.05, 3.63) is 83.6 Å². The van der Waals surface area contributed by atoms with Gasteiger partial charge in [0, 0.05) is 6.07 Å². The van der Waals surface area contributed by atoms with Gasteiger partial charge in [0.15, 0.2) is 11.3 Å². The zero-order valence-electron chi connectivity index (χ0n) is 16.6. The molecule has 11 heteroatoms. The number of amides is 1. The summed E-state index contributed by atoms with van der Waals surface area (Å²) in [6.45, 7) is 0. The molecule has 0 aliphatic carbocycles. The number of nitrogens with zero attached hydrogens (tertiary/aromatic N) is 2. The van der Waals surface area contributed by atoms with Crippen molar-refractivity contribution in [2.24, 2.45) is 0 Å². The highest BCUT2D eigenvalue weighted by molar-refractivity contribution is 7.87. The Morgan fingerprint density at radius 2 is 1.82 bits per heavy atom. The third-order valence-electron chi connectivity index (χ3n) is 4.52. The molecule has 0 atom stereocenters. The van der Waals surface area contributed by atoms with Crippen LogP contribution >= 0.6 is 0 Å². The Labute approximate surface area is 186 Å². The highest BCUT2D eigenvalue weighted by Gasteiger charge is 2.21. The van der Waals surface area contributed by atoms with Crippen LogP contribution in [0, 0.1) is 11.3 Å². The van der Waals surface area contributed by atoms with Crippen LogP contribution in [-0.2, 0) is 10.1 Å². The average molecular weight is 463 g/mol. The summed E-state index contributed by atoms with van der Waals surface area (Å²) in [6, 6.07) is 17.2. The van der Waals surface area contributed by atoms with E-state index in [-0.39, 0.29) is 44.1 Å². The molecule has 33 heavy (non-hydrogen) atoms. The smallest absolute Gasteiger partial charge is 0.339 e. The summed E-state index contributed by atoms with van der Waals surface area (Å²) in [5.41, 5.74) is -0.244. The minimum absolute atomic E-state index is 0.0283. The standard InChI is InChI=1S/C22H13N3O7S/c23-12-13-6-9-18(17(10-13)22(27)28)24-21(26)20-16-8-7-14(11-19(16)31-25-20)32-33(29,30)15-4-2-1-3-5-15/h1-11H,(H,24,26)(H,27,28). The maximum atomic E-state index is 12.7. The van der Waals surface area contributed by atoms with E-state index < -0.39 is 22.0 Å². The molecular weight excluding hydrogens is 450 g/mol. The molecule has 0 saturated heterocycles. The van der Waals surface area contributed by atoms with Crippen LogP contribution in [-0.4, -0.2) is 30.6 Å². The number of aromatic nitrogens is 1. The van der Waals surface area contributed by atoms with Gasteiger partial charge in [0.2, 0.25) is 0 Å². The molecule has 3 aromatic carbocycles. The Kier molecular flexibility index (Phi) is 5.51. The molecule has 0 spiro atoms. The molecule has 0 fully saturated rings. The number of aromatic carboxylic acids is 1. The van der Waals surface area contributed by atoms with Crippen molar-refractivity contribution in [2.75, 3.05) is 5.32 Å². The van der Waals surface area contributed by atoms with E-state index in [1.807, 2.05) is 6.07 Å². The lowest BCUT2D eigenvalue weighted by molar-refractivity contribution is 0.0698. The summed E-state index contributed by atoms with van der Waals surface area (Å²) >= 11 is 0. The van der Waals surface area contributed by atoms with Crippen molar-refractivity contribution in [2.45, 2.75) is 4.90 Å². The molecule has 164 valence electrons. The maximum Gasteiger partial charge on any atom is 0.339 e. The van der Waals surface area contributed by atoms with E-state index >= 15 is 0 Å². The van der Waals surface area contributed by atoms with Crippen molar-refractivity contribution in [1.29, 1.82) is 5.26 Å². The Bertz CT molecular complexity index is 1540. The van der Waals surface area contributed by atoms with Gasteiger partial charge in [-0.1, -0.05) is 23.4 Å². The van der Waals surface area contributed by atoms with Crippen LogP contribution in [0.3, 0.4) is 0 Å². The molecule has 0 bridgehead atoms. The van der Waals surface area contributed by atoms with Gasteiger partial charge in [-0.2, -0.15) is 13.7 Å². The number of nitrogens with one attached hydrogen (secondary N) is 1. The summed E-state index contributed by atoms with van der Waals surface area (Å²) in [7, 11) is -4.07. The van der Waals surface area contributed by atoms with Gasteiger partial charge in [0.25, 0.3) is 5.91 Å². The first-order valence-corrected chi connectivity index (χ1v) is 10.7. The first-order chi connectivity index (χ1) is 15.8. The van der Waals surface area contributed by atoms with E-state index in [0.717, 1.165) is 6.07 Å². The number of benzene rings is 3. The molecule has 0 radical (unpaired) electrons. The zero-order chi connectivity index (χ0) is 23.6. The fourth-order valence-electron chi connectivity index (χ4n) is 2.98. The highest BCUT2D eigenvalue weighted by atomic mass is 32.2. The molecule has 0 aliphatic heterocycles. The summed E-state index contributed by atoms with van der Waals surface area (Å²) in [5, 5.41) is 24.7. The Hall–Kier alpha value is -4.69. The van der Waals surface area contributed by atoms with Crippen LogP contribution in [0.1, 0.15) is 26.4 Å². The first kappa shape index (κ1) is 21.5. The van der Waals surface area contributed by atoms with E-state index in [0.29, 0.717) is 0 Å². The number of fused-ring (bicyclic) bond motifs is 1. The number of carboxylic acids is 1. The number of anilines is 1. The van der Waals surface area contributed by atoms with E-state index in [9.17, 15) is 23.1 Å². The number of hydrogen-bond acceptors (Lipinski definition) is 8.